The summed E-state index contributed by atoms with van der Waals surface area (Å²) in [6, 6.07) is 57.5. The van der Waals surface area contributed by atoms with Crippen molar-refractivity contribution < 1.29 is 33.0 Å². The Balaban J connectivity index is 1.33. The third kappa shape index (κ3) is 9.94. The van der Waals surface area contributed by atoms with Gasteiger partial charge in [-0.2, -0.15) is 0 Å². The van der Waals surface area contributed by atoms with Crippen LogP contribution in [-0.2, 0) is 43.2 Å². The SMILES string of the molecule is CC(C)(C)[Si](OC[C@@H]1[C@@H](OCc2ccccc2)[C@H](OCc2ccccc2)[C@H](COC(=O)c2ccccc2)N1C(=O)OCc1ccccc1)(c1ccccc1)c1ccccc1. The van der Waals surface area contributed by atoms with E-state index in [-0.39, 0.29) is 38.1 Å². The van der Waals surface area contributed by atoms with Crippen LogP contribution in [0.4, 0.5) is 4.79 Å². The normalized spacial score (nSPS) is 17.9. The summed E-state index contributed by atoms with van der Waals surface area (Å²) in [4.78, 5) is 30.1. The molecule has 0 aliphatic carbocycles. The van der Waals surface area contributed by atoms with Crippen LogP contribution in [0.15, 0.2) is 182 Å². The van der Waals surface area contributed by atoms with E-state index in [9.17, 15) is 9.59 Å². The molecule has 1 heterocycles. The number of likely N-dealkylation sites (tertiary alicyclic amines) is 1. The van der Waals surface area contributed by atoms with E-state index in [1.165, 1.54) is 0 Å². The summed E-state index contributed by atoms with van der Waals surface area (Å²) in [7, 11) is -3.13. The Morgan fingerprint density at radius 2 is 0.883 bits per heavy atom. The molecule has 1 aliphatic rings. The Hall–Kier alpha value is -5.84. The Morgan fingerprint density at radius 1 is 0.500 bits per heavy atom. The van der Waals surface area contributed by atoms with E-state index in [1.54, 1.807) is 29.2 Å². The maximum absolute atomic E-state index is 14.9. The average Bonchev–Trinajstić information content (AvgIpc) is 3.59. The van der Waals surface area contributed by atoms with E-state index in [0.29, 0.717) is 5.56 Å². The van der Waals surface area contributed by atoms with E-state index in [1.807, 2.05) is 133 Å². The van der Waals surface area contributed by atoms with Gasteiger partial charge in [-0.15, -0.1) is 0 Å². The van der Waals surface area contributed by atoms with E-state index in [2.05, 4.69) is 45.0 Å². The number of amides is 1. The number of benzene rings is 6. The fourth-order valence-electron chi connectivity index (χ4n) is 8.15. The van der Waals surface area contributed by atoms with Crippen molar-refractivity contribution in [2.45, 2.75) is 69.9 Å². The van der Waals surface area contributed by atoms with Gasteiger partial charge in [0.1, 0.15) is 25.4 Å². The van der Waals surface area contributed by atoms with Gasteiger partial charge in [-0.25, -0.2) is 9.59 Å². The van der Waals surface area contributed by atoms with Gasteiger partial charge < -0.3 is 23.4 Å². The second kappa shape index (κ2) is 19.9. The van der Waals surface area contributed by atoms with Crippen molar-refractivity contribution in [1.82, 2.24) is 4.90 Å². The minimum Gasteiger partial charge on any atom is -0.460 e. The molecule has 0 N–H and O–H groups in total. The number of hydrogen-bond acceptors (Lipinski definition) is 7. The molecule has 0 unspecified atom stereocenters. The molecule has 9 heteroatoms. The van der Waals surface area contributed by atoms with Gasteiger partial charge >= 0.3 is 12.1 Å². The molecule has 4 atom stereocenters. The van der Waals surface area contributed by atoms with Gasteiger partial charge in [0.15, 0.2) is 0 Å². The van der Waals surface area contributed by atoms with Gasteiger partial charge in [0.2, 0.25) is 0 Å². The molecule has 1 aliphatic heterocycles. The fraction of sp³-hybridized carbons (Fsp3) is 0.255. The second-order valence-corrected chi connectivity index (χ2v) is 20.3. The molecule has 60 heavy (non-hydrogen) atoms. The monoisotopic (exact) mass is 819 g/mol. The van der Waals surface area contributed by atoms with Crippen molar-refractivity contribution in [1.29, 1.82) is 0 Å². The molecule has 1 saturated heterocycles. The van der Waals surface area contributed by atoms with E-state index >= 15 is 0 Å². The van der Waals surface area contributed by atoms with Gasteiger partial charge in [0.25, 0.3) is 8.32 Å². The highest BCUT2D eigenvalue weighted by atomic mass is 28.4. The van der Waals surface area contributed by atoms with Gasteiger partial charge in [-0.05, 0) is 44.2 Å². The van der Waals surface area contributed by atoms with Crippen molar-refractivity contribution in [2.75, 3.05) is 13.2 Å². The lowest BCUT2D eigenvalue weighted by molar-refractivity contribution is -0.0858. The van der Waals surface area contributed by atoms with Crippen molar-refractivity contribution in [3.8, 4) is 0 Å². The van der Waals surface area contributed by atoms with Crippen LogP contribution in [0, 0.1) is 0 Å². The lowest BCUT2D eigenvalue weighted by Gasteiger charge is -2.44. The molecule has 6 aromatic rings. The van der Waals surface area contributed by atoms with Crippen LogP contribution in [0.5, 0.6) is 0 Å². The van der Waals surface area contributed by atoms with Crippen molar-refractivity contribution in [3.63, 3.8) is 0 Å². The lowest BCUT2D eigenvalue weighted by Crippen LogP contribution is -2.67. The highest BCUT2D eigenvalue weighted by Crippen LogP contribution is 2.39. The molecular weight excluding hydrogens is 767 g/mol. The largest absolute Gasteiger partial charge is 0.460 e. The van der Waals surface area contributed by atoms with Gasteiger partial charge in [0, 0.05) is 0 Å². The van der Waals surface area contributed by atoms with E-state index < -0.39 is 44.7 Å². The Bertz CT molecular complexity index is 2180. The maximum atomic E-state index is 14.9. The summed E-state index contributed by atoms with van der Waals surface area (Å²) in [6.45, 7) is 7.10. The predicted octanol–water partition coefficient (Wildman–Crippen LogP) is 8.98. The Labute approximate surface area is 354 Å². The number of hydrogen-bond donors (Lipinski definition) is 0. The number of ether oxygens (including phenoxy) is 4. The van der Waals surface area contributed by atoms with Gasteiger partial charge in [0.05, 0.1) is 37.5 Å². The lowest BCUT2D eigenvalue weighted by atomic mass is 10.1. The number of carbonyl (C=O) groups is 2. The number of carbonyl (C=O) groups excluding carboxylic acids is 2. The zero-order valence-corrected chi connectivity index (χ0v) is 35.5. The van der Waals surface area contributed by atoms with Crippen molar-refractivity contribution >= 4 is 30.8 Å². The highest BCUT2D eigenvalue weighted by molar-refractivity contribution is 6.99. The van der Waals surface area contributed by atoms with Crippen LogP contribution < -0.4 is 10.4 Å². The molecule has 0 spiro atoms. The number of nitrogens with zero attached hydrogens (tertiary/aromatic N) is 1. The van der Waals surface area contributed by atoms with E-state index in [4.69, 9.17) is 23.4 Å². The fourth-order valence-corrected chi connectivity index (χ4v) is 12.7. The first kappa shape index (κ1) is 42.3. The molecule has 0 radical (unpaired) electrons. The molecular formula is C51H53NO7Si. The Morgan fingerprint density at radius 3 is 1.32 bits per heavy atom. The molecule has 6 aromatic carbocycles. The molecule has 7 rings (SSSR count). The van der Waals surface area contributed by atoms with Crippen molar-refractivity contribution in [2.24, 2.45) is 0 Å². The van der Waals surface area contributed by atoms with Crippen molar-refractivity contribution in [3.05, 3.63) is 204 Å². The molecule has 308 valence electrons. The first-order chi connectivity index (χ1) is 29.2. The molecule has 0 bridgehead atoms. The second-order valence-electron chi connectivity index (χ2n) is 16.0. The Kier molecular flexibility index (Phi) is 14.1. The van der Waals surface area contributed by atoms with Crippen LogP contribution in [0.2, 0.25) is 5.04 Å². The van der Waals surface area contributed by atoms with Gasteiger partial charge in [-0.1, -0.05) is 191 Å². The maximum Gasteiger partial charge on any atom is 0.410 e. The van der Waals surface area contributed by atoms with E-state index in [0.717, 1.165) is 27.1 Å². The third-order valence-electron chi connectivity index (χ3n) is 11.1. The van der Waals surface area contributed by atoms with Crippen LogP contribution in [0.25, 0.3) is 0 Å². The minimum atomic E-state index is -3.13. The molecule has 1 amide bonds. The first-order valence-electron chi connectivity index (χ1n) is 20.5. The van der Waals surface area contributed by atoms with Crippen LogP contribution in [0.3, 0.4) is 0 Å². The number of rotatable bonds is 16. The van der Waals surface area contributed by atoms with Gasteiger partial charge in [-0.3, -0.25) is 4.90 Å². The topological polar surface area (TPSA) is 83.5 Å². The smallest absolute Gasteiger partial charge is 0.410 e. The quantitative estimate of drug-likeness (QED) is 0.0713. The summed E-state index contributed by atoms with van der Waals surface area (Å²) < 4.78 is 33.6. The van der Waals surface area contributed by atoms with Crippen LogP contribution in [-0.4, -0.2) is 62.8 Å². The average molecular weight is 820 g/mol. The predicted molar refractivity (Wildman–Crippen MR) is 236 cm³/mol. The molecule has 1 fully saturated rings. The molecule has 0 saturated carbocycles. The first-order valence-corrected chi connectivity index (χ1v) is 22.4. The van der Waals surface area contributed by atoms with Crippen LogP contribution in [0.1, 0.15) is 47.8 Å². The summed E-state index contributed by atoms with van der Waals surface area (Å²) in [5.74, 6) is -0.510. The summed E-state index contributed by atoms with van der Waals surface area (Å²) in [5, 5.41) is 1.86. The molecule has 0 aromatic heterocycles. The van der Waals surface area contributed by atoms with Crippen LogP contribution >= 0.6 is 0 Å². The zero-order valence-electron chi connectivity index (χ0n) is 34.5. The third-order valence-corrected chi connectivity index (χ3v) is 16.1. The highest BCUT2D eigenvalue weighted by Gasteiger charge is 2.57. The summed E-state index contributed by atoms with van der Waals surface area (Å²) in [6.07, 6.45) is -2.07. The number of esters is 1. The standard InChI is InChI=1S/C51H53NO7Si/c1-51(2,3)60(43-30-18-8-19-31-43,44-32-20-9-21-33-44)59-38-46-48(56-35-40-24-12-5-13-25-40)47(55-34-39-22-10-4-11-23-39)45(37-57-49(53)42-28-16-7-17-29-42)52(46)50(54)58-36-41-26-14-6-15-27-41/h4-33,45-48H,34-38H2,1-3H3/t45-,46+,47+,48+/m0/s1. The summed E-state index contributed by atoms with van der Waals surface area (Å²) in [5.41, 5.74) is 3.15. The summed E-state index contributed by atoms with van der Waals surface area (Å²) >= 11 is 0. The minimum absolute atomic E-state index is 0.0417. The molecule has 8 nitrogen and oxygen atoms in total. The zero-order chi connectivity index (χ0) is 41.8.